The van der Waals surface area contributed by atoms with Crippen LogP contribution >= 0.6 is 0 Å². The Morgan fingerprint density at radius 2 is 1.70 bits per heavy atom. The lowest BCUT2D eigenvalue weighted by atomic mass is 10.0. The molecule has 1 aliphatic heterocycles. The van der Waals surface area contributed by atoms with E-state index in [0.717, 1.165) is 29.7 Å². The van der Waals surface area contributed by atoms with Crippen molar-refractivity contribution in [1.82, 2.24) is 0 Å². The van der Waals surface area contributed by atoms with Crippen LogP contribution in [0, 0.1) is 0 Å². The molecule has 142 valence electrons. The highest BCUT2D eigenvalue weighted by Crippen LogP contribution is 2.31. The number of nitrogens with one attached hydrogen (secondary N) is 1. The first-order valence-corrected chi connectivity index (χ1v) is 9.08. The van der Waals surface area contributed by atoms with Crippen molar-refractivity contribution in [3.05, 3.63) is 53.6 Å². The molecule has 27 heavy (non-hydrogen) atoms. The molecule has 0 aliphatic carbocycles. The van der Waals surface area contributed by atoms with Crippen LogP contribution in [0.4, 0.5) is 5.69 Å². The summed E-state index contributed by atoms with van der Waals surface area (Å²) in [6.45, 7) is 3.74. The van der Waals surface area contributed by atoms with Gasteiger partial charge in [-0.3, -0.25) is 4.79 Å². The molecular formula is C21H23NO5. The highest BCUT2D eigenvalue weighted by Gasteiger charge is 2.29. The maximum atomic E-state index is 12.3. The first-order chi connectivity index (χ1) is 13.1. The minimum Gasteiger partial charge on any atom is -0.485 e. The molecule has 0 radical (unpaired) electrons. The predicted octanol–water partition coefficient (Wildman–Crippen LogP) is 3.13. The summed E-state index contributed by atoms with van der Waals surface area (Å²) in [6.07, 6.45) is 0.716. The summed E-state index contributed by atoms with van der Waals surface area (Å²) in [6, 6.07) is 13.0. The Labute approximate surface area is 158 Å². The van der Waals surface area contributed by atoms with E-state index >= 15 is 0 Å². The van der Waals surface area contributed by atoms with Gasteiger partial charge >= 0.3 is 5.97 Å². The number of fused-ring (bicyclic) bond motifs is 1. The Morgan fingerprint density at radius 1 is 1.04 bits per heavy atom. The summed E-state index contributed by atoms with van der Waals surface area (Å²) in [5, 5.41) is 2.87. The fourth-order valence-electron chi connectivity index (χ4n) is 2.94. The average Bonchev–Trinajstić information content (AvgIpc) is 2.71. The Balaban J connectivity index is 1.56. The molecule has 0 saturated carbocycles. The lowest BCUT2D eigenvalue weighted by Crippen LogP contribution is -2.39. The van der Waals surface area contributed by atoms with Gasteiger partial charge in [0.15, 0.2) is 18.1 Å². The van der Waals surface area contributed by atoms with E-state index in [0.29, 0.717) is 11.5 Å². The Hall–Kier alpha value is -3.02. The van der Waals surface area contributed by atoms with Crippen molar-refractivity contribution in [3.63, 3.8) is 0 Å². The molecule has 1 amide bonds. The minimum atomic E-state index is -0.887. The van der Waals surface area contributed by atoms with E-state index in [1.165, 1.54) is 0 Å². The second-order valence-corrected chi connectivity index (χ2v) is 6.18. The van der Waals surface area contributed by atoms with E-state index in [9.17, 15) is 9.59 Å². The molecule has 1 atom stereocenters. The van der Waals surface area contributed by atoms with Crippen LogP contribution in [0.1, 0.15) is 25.0 Å². The fourth-order valence-corrected chi connectivity index (χ4v) is 2.94. The van der Waals surface area contributed by atoms with Crippen LogP contribution in [0.2, 0.25) is 0 Å². The smallest absolute Gasteiger partial charge is 0.351 e. The number of esters is 1. The number of rotatable bonds is 6. The maximum absolute atomic E-state index is 12.3. The summed E-state index contributed by atoms with van der Waals surface area (Å²) in [7, 11) is 0. The van der Waals surface area contributed by atoms with Gasteiger partial charge in [-0.15, -0.1) is 0 Å². The van der Waals surface area contributed by atoms with Crippen molar-refractivity contribution < 1.29 is 23.8 Å². The quantitative estimate of drug-likeness (QED) is 0.792. The highest BCUT2D eigenvalue weighted by molar-refractivity contribution is 5.94. The Kier molecular flexibility index (Phi) is 5.96. The SMILES string of the molecule is CCc1cccc(CC)c1NC(=O)COC(=O)[C@@H]1COc2ccccc2O1. The number of carbonyl (C=O) groups excluding carboxylic acids is 2. The van der Waals surface area contributed by atoms with Gasteiger partial charge in [0.1, 0.15) is 6.61 Å². The van der Waals surface area contributed by atoms with Gasteiger partial charge in [0.05, 0.1) is 0 Å². The summed E-state index contributed by atoms with van der Waals surface area (Å²) in [5.41, 5.74) is 2.90. The van der Waals surface area contributed by atoms with Gasteiger partial charge in [-0.1, -0.05) is 44.2 Å². The first-order valence-electron chi connectivity index (χ1n) is 9.08. The van der Waals surface area contributed by atoms with Gasteiger partial charge in [-0.05, 0) is 36.1 Å². The fraction of sp³-hybridized carbons (Fsp3) is 0.333. The number of ether oxygens (including phenoxy) is 3. The number of aryl methyl sites for hydroxylation is 2. The van der Waals surface area contributed by atoms with E-state index in [-0.39, 0.29) is 19.1 Å². The third-order valence-electron chi connectivity index (χ3n) is 4.38. The summed E-state index contributed by atoms with van der Waals surface area (Å²) in [4.78, 5) is 24.5. The van der Waals surface area contributed by atoms with Crippen molar-refractivity contribution in [1.29, 1.82) is 0 Å². The zero-order valence-electron chi connectivity index (χ0n) is 15.5. The van der Waals surface area contributed by atoms with Crippen LogP contribution in [0.3, 0.4) is 0 Å². The number of para-hydroxylation sites is 3. The predicted molar refractivity (Wildman–Crippen MR) is 101 cm³/mol. The monoisotopic (exact) mass is 369 g/mol. The second-order valence-electron chi connectivity index (χ2n) is 6.18. The van der Waals surface area contributed by atoms with Crippen LogP contribution in [-0.4, -0.2) is 31.2 Å². The number of anilines is 1. The van der Waals surface area contributed by atoms with E-state index in [1.807, 2.05) is 38.1 Å². The molecule has 1 N–H and O–H groups in total. The molecule has 1 aliphatic rings. The van der Waals surface area contributed by atoms with Crippen LogP contribution in [0.15, 0.2) is 42.5 Å². The van der Waals surface area contributed by atoms with Crippen molar-refractivity contribution in [2.75, 3.05) is 18.5 Å². The van der Waals surface area contributed by atoms with Crippen LogP contribution in [0.5, 0.6) is 11.5 Å². The van der Waals surface area contributed by atoms with Crippen LogP contribution in [-0.2, 0) is 27.2 Å². The molecule has 2 aromatic rings. The van der Waals surface area contributed by atoms with Crippen molar-refractivity contribution >= 4 is 17.6 Å². The number of amides is 1. The zero-order valence-corrected chi connectivity index (χ0v) is 15.5. The Morgan fingerprint density at radius 3 is 2.37 bits per heavy atom. The first kappa shape index (κ1) is 18.8. The topological polar surface area (TPSA) is 73.9 Å². The van der Waals surface area contributed by atoms with E-state index in [1.54, 1.807) is 18.2 Å². The molecular weight excluding hydrogens is 346 g/mol. The van der Waals surface area contributed by atoms with E-state index in [2.05, 4.69) is 5.32 Å². The lowest BCUT2D eigenvalue weighted by molar-refractivity contribution is -0.156. The third-order valence-corrected chi connectivity index (χ3v) is 4.38. The number of benzene rings is 2. The van der Waals surface area contributed by atoms with Gasteiger partial charge in [-0.25, -0.2) is 4.79 Å². The van der Waals surface area contributed by atoms with Crippen molar-refractivity contribution in [3.8, 4) is 11.5 Å². The molecule has 6 nitrogen and oxygen atoms in total. The number of carbonyl (C=O) groups is 2. The van der Waals surface area contributed by atoms with Gasteiger partial charge in [0, 0.05) is 5.69 Å². The third kappa shape index (κ3) is 4.39. The zero-order chi connectivity index (χ0) is 19.2. The second kappa shape index (κ2) is 8.58. The van der Waals surface area contributed by atoms with Crippen LogP contribution < -0.4 is 14.8 Å². The van der Waals surface area contributed by atoms with Gasteiger partial charge in [0.25, 0.3) is 5.91 Å². The van der Waals surface area contributed by atoms with Crippen molar-refractivity contribution in [2.24, 2.45) is 0 Å². The molecule has 0 bridgehead atoms. The normalized spacial score (nSPS) is 15.1. The van der Waals surface area contributed by atoms with Gasteiger partial charge in [-0.2, -0.15) is 0 Å². The average molecular weight is 369 g/mol. The molecule has 0 fully saturated rings. The van der Waals surface area contributed by atoms with Gasteiger partial charge in [0.2, 0.25) is 6.10 Å². The molecule has 6 heteroatoms. The standard InChI is InChI=1S/C21H23NO5/c1-3-14-8-7-9-15(4-2)20(14)22-19(23)13-26-21(24)18-12-25-16-10-5-6-11-17(16)27-18/h5-11,18H,3-4,12-13H2,1-2H3,(H,22,23)/t18-/m0/s1. The van der Waals surface area contributed by atoms with E-state index in [4.69, 9.17) is 14.2 Å². The summed E-state index contributed by atoms with van der Waals surface area (Å²) in [5.74, 6) is 0.0670. The molecule has 0 saturated heterocycles. The summed E-state index contributed by atoms with van der Waals surface area (Å²) >= 11 is 0. The maximum Gasteiger partial charge on any atom is 0.351 e. The molecule has 0 aromatic heterocycles. The Bertz CT molecular complexity index is 811. The largest absolute Gasteiger partial charge is 0.485 e. The van der Waals surface area contributed by atoms with Crippen molar-refractivity contribution in [2.45, 2.75) is 32.8 Å². The number of hydrogen-bond donors (Lipinski definition) is 1. The molecule has 2 aromatic carbocycles. The molecule has 3 rings (SSSR count). The molecule has 0 unspecified atom stereocenters. The van der Waals surface area contributed by atoms with Gasteiger partial charge < -0.3 is 19.5 Å². The molecule has 0 spiro atoms. The summed E-state index contributed by atoms with van der Waals surface area (Å²) < 4.78 is 16.2. The van der Waals surface area contributed by atoms with E-state index < -0.39 is 12.1 Å². The number of hydrogen-bond acceptors (Lipinski definition) is 5. The van der Waals surface area contributed by atoms with Crippen LogP contribution in [0.25, 0.3) is 0 Å². The lowest BCUT2D eigenvalue weighted by Gasteiger charge is -2.24. The highest BCUT2D eigenvalue weighted by atomic mass is 16.6. The molecule has 1 heterocycles. The minimum absolute atomic E-state index is 0.0517.